The Morgan fingerprint density at radius 1 is 1.14 bits per heavy atom. The molecule has 1 aromatic carbocycles. The summed E-state index contributed by atoms with van der Waals surface area (Å²) in [5.74, 6) is 0. The largest absolute Gasteiger partial charge is 0.388 e. The number of nitrogens with zero attached hydrogens (tertiary/aromatic N) is 2. The number of nitrogens with one attached hydrogen (secondary N) is 1. The van der Waals surface area contributed by atoms with Gasteiger partial charge in [-0.1, -0.05) is 12.2 Å². The van der Waals surface area contributed by atoms with E-state index in [1.165, 1.54) is 18.5 Å². The van der Waals surface area contributed by atoms with Crippen LogP contribution in [0.3, 0.4) is 0 Å². The molecule has 1 aliphatic heterocycles. The van der Waals surface area contributed by atoms with Crippen molar-refractivity contribution in [1.82, 2.24) is 4.98 Å². The van der Waals surface area contributed by atoms with Crippen LogP contribution in [0, 0.1) is 0 Å². The number of pyridine rings is 1. The standard InChI is InChI=1S/C16H18N4S/c17-16(21)15-14(4-3-9-18-15)19-12-5-7-13(8-6-12)20-10-1-2-11-20/h3-9,19H,1-2,10-11H2,(H2,17,21). The Morgan fingerprint density at radius 3 is 2.52 bits per heavy atom. The summed E-state index contributed by atoms with van der Waals surface area (Å²) >= 11 is 5.03. The zero-order chi connectivity index (χ0) is 14.7. The topological polar surface area (TPSA) is 54.2 Å². The third kappa shape index (κ3) is 3.13. The highest BCUT2D eigenvalue weighted by Gasteiger charge is 2.12. The SMILES string of the molecule is NC(=S)c1ncccc1Nc1ccc(N2CCCC2)cc1. The first kappa shape index (κ1) is 13.8. The van der Waals surface area contributed by atoms with Crippen molar-refractivity contribution in [1.29, 1.82) is 0 Å². The van der Waals surface area contributed by atoms with Crippen molar-refractivity contribution in [2.75, 3.05) is 23.3 Å². The molecule has 3 N–H and O–H groups in total. The molecule has 0 unspecified atom stereocenters. The average molecular weight is 298 g/mol. The van der Waals surface area contributed by atoms with Gasteiger partial charge in [0.15, 0.2) is 0 Å². The molecule has 3 rings (SSSR count). The first-order valence-electron chi connectivity index (χ1n) is 7.11. The third-order valence-corrected chi connectivity index (χ3v) is 3.85. The molecule has 1 aromatic heterocycles. The van der Waals surface area contributed by atoms with Crippen LogP contribution in [0.5, 0.6) is 0 Å². The van der Waals surface area contributed by atoms with Crippen LogP contribution in [-0.4, -0.2) is 23.1 Å². The maximum absolute atomic E-state index is 5.70. The van der Waals surface area contributed by atoms with Crippen LogP contribution in [0.15, 0.2) is 42.6 Å². The number of aromatic nitrogens is 1. The van der Waals surface area contributed by atoms with Gasteiger partial charge in [-0.25, -0.2) is 0 Å². The molecule has 1 aliphatic rings. The minimum Gasteiger partial charge on any atom is -0.388 e. The highest BCUT2D eigenvalue weighted by Crippen LogP contribution is 2.24. The van der Waals surface area contributed by atoms with Gasteiger partial charge in [-0.15, -0.1) is 0 Å². The van der Waals surface area contributed by atoms with Crippen LogP contribution in [0.4, 0.5) is 17.1 Å². The van der Waals surface area contributed by atoms with Crippen LogP contribution >= 0.6 is 12.2 Å². The zero-order valence-electron chi connectivity index (χ0n) is 11.7. The summed E-state index contributed by atoms with van der Waals surface area (Å²) in [5.41, 5.74) is 9.43. The van der Waals surface area contributed by atoms with E-state index < -0.39 is 0 Å². The Balaban J connectivity index is 1.77. The summed E-state index contributed by atoms with van der Waals surface area (Å²) < 4.78 is 0. The molecule has 0 radical (unpaired) electrons. The van der Waals surface area contributed by atoms with Crippen molar-refractivity contribution < 1.29 is 0 Å². The molecule has 108 valence electrons. The van der Waals surface area contributed by atoms with Gasteiger partial charge in [-0.2, -0.15) is 0 Å². The molecule has 2 heterocycles. The lowest BCUT2D eigenvalue weighted by Gasteiger charge is -2.18. The van der Waals surface area contributed by atoms with Crippen molar-refractivity contribution in [2.24, 2.45) is 5.73 Å². The maximum Gasteiger partial charge on any atom is 0.124 e. The minimum absolute atomic E-state index is 0.298. The predicted octanol–water partition coefficient (Wildman–Crippen LogP) is 3.06. The molecule has 0 bridgehead atoms. The average Bonchev–Trinajstić information content (AvgIpc) is 3.03. The second-order valence-electron chi connectivity index (χ2n) is 5.13. The van der Waals surface area contributed by atoms with Crippen LogP contribution < -0.4 is 16.0 Å². The number of benzene rings is 1. The number of nitrogens with two attached hydrogens (primary N) is 1. The summed E-state index contributed by atoms with van der Waals surface area (Å²) in [5, 5.41) is 3.32. The van der Waals surface area contributed by atoms with E-state index in [0.29, 0.717) is 10.7 Å². The van der Waals surface area contributed by atoms with E-state index in [1.807, 2.05) is 12.1 Å². The van der Waals surface area contributed by atoms with Crippen LogP contribution in [-0.2, 0) is 0 Å². The van der Waals surface area contributed by atoms with Gasteiger partial charge >= 0.3 is 0 Å². The Kier molecular flexibility index (Phi) is 4.01. The summed E-state index contributed by atoms with van der Waals surface area (Å²) in [7, 11) is 0. The van der Waals surface area contributed by atoms with Gasteiger partial charge in [-0.05, 0) is 49.2 Å². The normalized spacial score (nSPS) is 14.2. The third-order valence-electron chi connectivity index (χ3n) is 3.66. The van der Waals surface area contributed by atoms with E-state index >= 15 is 0 Å². The van der Waals surface area contributed by atoms with Crippen molar-refractivity contribution in [2.45, 2.75) is 12.8 Å². The first-order chi connectivity index (χ1) is 10.2. The highest BCUT2D eigenvalue weighted by atomic mass is 32.1. The van der Waals surface area contributed by atoms with E-state index in [4.69, 9.17) is 18.0 Å². The molecule has 0 aliphatic carbocycles. The lowest BCUT2D eigenvalue weighted by Crippen LogP contribution is -2.17. The second kappa shape index (κ2) is 6.10. The van der Waals surface area contributed by atoms with Gasteiger partial charge in [0.2, 0.25) is 0 Å². The minimum atomic E-state index is 0.298. The second-order valence-corrected chi connectivity index (χ2v) is 5.57. The van der Waals surface area contributed by atoms with Gasteiger partial charge < -0.3 is 16.0 Å². The molecule has 0 saturated carbocycles. The summed E-state index contributed by atoms with van der Waals surface area (Å²) in [4.78, 5) is 6.93. The van der Waals surface area contributed by atoms with E-state index in [-0.39, 0.29) is 0 Å². The van der Waals surface area contributed by atoms with Gasteiger partial charge in [0.25, 0.3) is 0 Å². The quantitative estimate of drug-likeness (QED) is 0.850. The Morgan fingerprint density at radius 2 is 1.86 bits per heavy atom. The molecule has 0 atom stereocenters. The summed E-state index contributed by atoms with van der Waals surface area (Å²) in [6, 6.07) is 12.2. The van der Waals surface area contributed by atoms with Crippen LogP contribution in [0.1, 0.15) is 18.5 Å². The van der Waals surface area contributed by atoms with Crippen molar-refractivity contribution in [3.8, 4) is 0 Å². The lowest BCUT2D eigenvalue weighted by atomic mass is 10.2. The van der Waals surface area contributed by atoms with Gasteiger partial charge in [0.1, 0.15) is 10.7 Å². The highest BCUT2D eigenvalue weighted by molar-refractivity contribution is 7.80. The fraction of sp³-hybridized carbons (Fsp3) is 0.250. The molecule has 5 heteroatoms. The molecule has 21 heavy (non-hydrogen) atoms. The predicted molar refractivity (Wildman–Crippen MR) is 91.3 cm³/mol. The van der Waals surface area contributed by atoms with Gasteiger partial charge in [0, 0.05) is 30.7 Å². The van der Waals surface area contributed by atoms with Crippen LogP contribution in [0.25, 0.3) is 0 Å². The Hall–Kier alpha value is -2.14. The Labute approximate surface area is 130 Å². The lowest BCUT2D eigenvalue weighted by molar-refractivity contribution is 0.949. The molecular weight excluding hydrogens is 280 g/mol. The molecular formula is C16H18N4S. The van der Waals surface area contributed by atoms with Crippen molar-refractivity contribution in [3.05, 3.63) is 48.3 Å². The van der Waals surface area contributed by atoms with E-state index in [0.717, 1.165) is 24.5 Å². The number of rotatable bonds is 4. The number of hydrogen-bond donors (Lipinski definition) is 2. The number of hydrogen-bond acceptors (Lipinski definition) is 4. The maximum atomic E-state index is 5.70. The van der Waals surface area contributed by atoms with E-state index in [1.54, 1.807) is 6.20 Å². The zero-order valence-corrected chi connectivity index (χ0v) is 12.6. The van der Waals surface area contributed by atoms with Gasteiger partial charge in [-0.3, -0.25) is 4.98 Å². The molecule has 2 aromatic rings. The molecule has 4 nitrogen and oxygen atoms in total. The van der Waals surface area contributed by atoms with E-state index in [9.17, 15) is 0 Å². The summed E-state index contributed by atoms with van der Waals surface area (Å²) in [6.45, 7) is 2.31. The van der Waals surface area contributed by atoms with E-state index in [2.05, 4.69) is 39.5 Å². The first-order valence-corrected chi connectivity index (χ1v) is 7.52. The fourth-order valence-corrected chi connectivity index (χ4v) is 2.75. The molecule has 0 spiro atoms. The Bertz CT molecular complexity index is 633. The smallest absolute Gasteiger partial charge is 0.124 e. The van der Waals surface area contributed by atoms with Crippen molar-refractivity contribution >= 4 is 34.3 Å². The summed E-state index contributed by atoms with van der Waals surface area (Å²) in [6.07, 6.45) is 4.26. The van der Waals surface area contributed by atoms with Crippen LogP contribution in [0.2, 0.25) is 0 Å². The van der Waals surface area contributed by atoms with Gasteiger partial charge in [0.05, 0.1) is 5.69 Å². The monoisotopic (exact) mass is 298 g/mol. The molecule has 1 saturated heterocycles. The molecule has 0 amide bonds. The number of thiocarbonyl (C=S) groups is 1. The van der Waals surface area contributed by atoms with Crippen molar-refractivity contribution in [3.63, 3.8) is 0 Å². The molecule has 1 fully saturated rings. The fourth-order valence-electron chi connectivity index (χ4n) is 2.59. The number of anilines is 3.